The molecule has 1 aromatic rings. The minimum Gasteiger partial charge on any atom is -0.324 e. The van der Waals surface area contributed by atoms with E-state index in [0.29, 0.717) is 0 Å². The fourth-order valence-corrected chi connectivity index (χ4v) is 1.76. The first-order valence-electron chi connectivity index (χ1n) is 5.27. The van der Waals surface area contributed by atoms with Gasteiger partial charge in [-0.1, -0.05) is 13.8 Å². The monoisotopic (exact) mass is 274 g/mol. The van der Waals surface area contributed by atoms with Gasteiger partial charge in [-0.25, -0.2) is 12.8 Å². The van der Waals surface area contributed by atoms with Crippen LogP contribution >= 0.6 is 0 Å². The first-order chi connectivity index (χ1) is 8.19. The summed E-state index contributed by atoms with van der Waals surface area (Å²) in [6.45, 7) is 3.39. The van der Waals surface area contributed by atoms with Crippen LogP contribution in [0.3, 0.4) is 0 Å². The zero-order chi connectivity index (χ0) is 13.9. The molecule has 0 heterocycles. The molecule has 0 saturated heterocycles. The Balaban J connectivity index is 3.07. The number of carbonyl (C=O) groups excluding carboxylic acids is 1. The quantitative estimate of drug-likeness (QED) is 0.879. The first-order valence-corrected chi connectivity index (χ1v) is 7.16. The number of carbonyl (C=O) groups is 1. The van der Waals surface area contributed by atoms with Crippen molar-refractivity contribution in [2.45, 2.75) is 13.8 Å². The summed E-state index contributed by atoms with van der Waals surface area (Å²) in [5.74, 6) is -1.14. The highest BCUT2D eigenvalue weighted by molar-refractivity contribution is 7.92. The molecular formula is C11H15FN2O3S. The lowest BCUT2D eigenvalue weighted by Gasteiger charge is -2.13. The minimum atomic E-state index is -3.54. The summed E-state index contributed by atoms with van der Waals surface area (Å²) in [5.41, 5.74) is 0.229. The number of amides is 1. The lowest BCUT2D eigenvalue weighted by molar-refractivity contribution is -0.118. The van der Waals surface area contributed by atoms with E-state index >= 15 is 0 Å². The number of benzene rings is 1. The van der Waals surface area contributed by atoms with Gasteiger partial charge in [-0.2, -0.15) is 0 Å². The molecule has 0 aliphatic carbocycles. The third-order valence-electron chi connectivity index (χ3n) is 2.06. The van der Waals surface area contributed by atoms with Gasteiger partial charge in [-0.3, -0.25) is 9.52 Å². The van der Waals surface area contributed by atoms with Crippen LogP contribution in [0, 0.1) is 11.7 Å². The summed E-state index contributed by atoms with van der Waals surface area (Å²) >= 11 is 0. The van der Waals surface area contributed by atoms with E-state index < -0.39 is 15.8 Å². The van der Waals surface area contributed by atoms with Gasteiger partial charge in [0.15, 0.2) is 0 Å². The molecule has 7 heteroatoms. The molecule has 18 heavy (non-hydrogen) atoms. The largest absolute Gasteiger partial charge is 0.324 e. The molecule has 0 aliphatic rings. The van der Waals surface area contributed by atoms with E-state index in [4.69, 9.17) is 0 Å². The second-order valence-electron chi connectivity index (χ2n) is 4.21. The molecule has 0 unspecified atom stereocenters. The molecule has 0 aliphatic heterocycles. The van der Waals surface area contributed by atoms with Gasteiger partial charge in [0.05, 0.1) is 17.6 Å². The van der Waals surface area contributed by atoms with Crippen LogP contribution in [-0.2, 0) is 14.8 Å². The molecule has 0 radical (unpaired) electrons. The maximum absolute atomic E-state index is 13.1. The molecule has 0 fully saturated rings. The Morgan fingerprint density at radius 2 is 1.89 bits per heavy atom. The highest BCUT2D eigenvalue weighted by atomic mass is 32.2. The topological polar surface area (TPSA) is 75.3 Å². The average molecular weight is 274 g/mol. The van der Waals surface area contributed by atoms with Gasteiger partial charge in [0.25, 0.3) is 0 Å². The zero-order valence-electron chi connectivity index (χ0n) is 10.3. The van der Waals surface area contributed by atoms with Crippen LogP contribution in [0.1, 0.15) is 13.8 Å². The van der Waals surface area contributed by atoms with Crippen LogP contribution < -0.4 is 10.0 Å². The van der Waals surface area contributed by atoms with Gasteiger partial charge >= 0.3 is 0 Å². The molecule has 1 rings (SSSR count). The van der Waals surface area contributed by atoms with E-state index in [-0.39, 0.29) is 23.2 Å². The molecule has 0 bridgehead atoms. The van der Waals surface area contributed by atoms with Crippen molar-refractivity contribution in [3.8, 4) is 0 Å². The van der Waals surface area contributed by atoms with Crippen molar-refractivity contribution in [1.29, 1.82) is 0 Å². The van der Waals surface area contributed by atoms with Gasteiger partial charge < -0.3 is 5.32 Å². The van der Waals surface area contributed by atoms with Crippen molar-refractivity contribution in [1.82, 2.24) is 0 Å². The van der Waals surface area contributed by atoms with Crippen molar-refractivity contribution in [2.24, 2.45) is 5.92 Å². The Bertz CT molecular complexity index is 555. The second-order valence-corrected chi connectivity index (χ2v) is 5.96. The number of halogens is 1. The molecule has 0 aromatic heterocycles. The molecule has 2 N–H and O–H groups in total. The molecule has 0 spiro atoms. The fourth-order valence-electron chi connectivity index (χ4n) is 1.19. The summed E-state index contributed by atoms with van der Waals surface area (Å²) in [7, 11) is -3.54. The van der Waals surface area contributed by atoms with Crippen LogP contribution in [-0.4, -0.2) is 20.6 Å². The summed E-state index contributed by atoms with van der Waals surface area (Å²) in [6, 6.07) is 3.46. The Morgan fingerprint density at radius 3 is 2.39 bits per heavy atom. The predicted molar refractivity (Wildman–Crippen MR) is 68.3 cm³/mol. The molecule has 0 atom stereocenters. The number of rotatable bonds is 4. The summed E-state index contributed by atoms with van der Waals surface area (Å²) in [4.78, 5) is 11.5. The van der Waals surface area contributed by atoms with Crippen LogP contribution in [0.25, 0.3) is 0 Å². The molecule has 0 saturated carbocycles. The van der Waals surface area contributed by atoms with Crippen molar-refractivity contribution in [3.05, 3.63) is 24.0 Å². The average Bonchev–Trinajstić information content (AvgIpc) is 2.19. The van der Waals surface area contributed by atoms with E-state index in [1.807, 2.05) is 0 Å². The van der Waals surface area contributed by atoms with Crippen molar-refractivity contribution in [2.75, 3.05) is 16.3 Å². The predicted octanol–water partition coefficient (Wildman–Crippen LogP) is 1.79. The maximum atomic E-state index is 13.1. The van der Waals surface area contributed by atoms with Crippen LogP contribution in [0.15, 0.2) is 18.2 Å². The Kier molecular flexibility index (Phi) is 4.28. The molecule has 100 valence electrons. The van der Waals surface area contributed by atoms with Crippen molar-refractivity contribution in [3.63, 3.8) is 0 Å². The van der Waals surface area contributed by atoms with Crippen LogP contribution in [0.5, 0.6) is 0 Å². The van der Waals surface area contributed by atoms with E-state index in [9.17, 15) is 17.6 Å². The molecule has 1 amide bonds. The minimum absolute atomic E-state index is 0.00602. The summed E-state index contributed by atoms with van der Waals surface area (Å²) in [6.07, 6.45) is 0.950. The summed E-state index contributed by atoms with van der Waals surface area (Å²) in [5, 5.41) is 2.53. The number of nitrogens with one attached hydrogen (secondary N) is 2. The maximum Gasteiger partial charge on any atom is 0.229 e. The van der Waals surface area contributed by atoms with Gasteiger partial charge in [0.1, 0.15) is 5.82 Å². The third kappa shape index (κ3) is 4.33. The zero-order valence-corrected chi connectivity index (χ0v) is 11.1. The van der Waals surface area contributed by atoms with E-state index in [1.165, 1.54) is 6.07 Å². The standard InChI is InChI=1S/C11H15FN2O3S/c1-7(2)11(15)13-9-5-4-8(12)6-10(9)14-18(3,16)17/h4-7,14H,1-3H3,(H,13,15). The fraction of sp³-hybridized carbons (Fsp3) is 0.364. The highest BCUT2D eigenvalue weighted by Gasteiger charge is 2.13. The van der Waals surface area contributed by atoms with Gasteiger partial charge in [0, 0.05) is 12.0 Å². The number of hydrogen-bond acceptors (Lipinski definition) is 3. The van der Waals surface area contributed by atoms with Crippen molar-refractivity contribution < 1.29 is 17.6 Å². The molecular weight excluding hydrogens is 259 g/mol. The highest BCUT2D eigenvalue weighted by Crippen LogP contribution is 2.24. The molecule has 1 aromatic carbocycles. The number of sulfonamides is 1. The number of anilines is 2. The van der Waals surface area contributed by atoms with Gasteiger partial charge in [0.2, 0.25) is 15.9 Å². The Morgan fingerprint density at radius 1 is 1.28 bits per heavy atom. The normalized spacial score (nSPS) is 11.4. The van der Waals surface area contributed by atoms with E-state index in [1.54, 1.807) is 13.8 Å². The Labute approximate surface area is 105 Å². The van der Waals surface area contributed by atoms with Gasteiger partial charge in [-0.05, 0) is 12.1 Å². The molecule has 5 nitrogen and oxygen atoms in total. The number of hydrogen-bond donors (Lipinski definition) is 2. The smallest absolute Gasteiger partial charge is 0.229 e. The van der Waals surface area contributed by atoms with Crippen molar-refractivity contribution >= 4 is 27.3 Å². The lowest BCUT2D eigenvalue weighted by atomic mass is 10.2. The van der Waals surface area contributed by atoms with E-state index in [0.717, 1.165) is 18.4 Å². The SMILES string of the molecule is CC(C)C(=O)Nc1ccc(F)cc1NS(C)(=O)=O. The van der Waals surface area contributed by atoms with E-state index in [2.05, 4.69) is 10.0 Å². The van der Waals surface area contributed by atoms with Crippen LogP contribution in [0.2, 0.25) is 0 Å². The first kappa shape index (κ1) is 14.4. The second kappa shape index (κ2) is 5.34. The summed E-state index contributed by atoms with van der Waals surface area (Å²) < 4.78 is 37.5. The lowest BCUT2D eigenvalue weighted by Crippen LogP contribution is -2.20. The third-order valence-corrected chi connectivity index (χ3v) is 2.65. The van der Waals surface area contributed by atoms with Gasteiger partial charge in [-0.15, -0.1) is 0 Å². The Hall–Kier alpha value is -1.63. The van der Waals surface area contributed by atoms with Crippen LogP contribution in [0.4, 0.5) is 15.8 Å².